The van der Waals surface area contributed by atoms with E-state index >= 15 is 0 Å². The van der Waals surface area contributed by atoms with Crippen LogP contribution < -0.4 is 5.32 Å². The number of nitrogens with one attached hydrogen (secondary N) is 1. The van der Waals surface area contributed by atoms with Crippen molar-refractivity contribution in [3.63, 3.8) is 0 Å². The maximum atomic E-state index is 12.3. The van der Waals surface area contributed by atoms with Crippen LogP contribution in [0.5, 0.6) is 0 Å². The van der Waals surface area contributed by atoms with E-state index in [0.29, 0.717) is 5.69 Å². The summed E-state index contributed by atoms with van der Waals surface area (Å²) in [6.45, 7) is 3.43. The lowest BCUT2D eigenvalue weighted by Crippen LogP contribution is -2.17. The fraction of sp³-hybridized carbons (Fsp3) is 0.385. The van der Waals surface area contributed by atoms with Crippen LogP contribution in [0.25, 0.3) is 0 Å². The number of hydrogen-bond donors (Lipinski definition) is 1. The van der Waals surface area contributed by atoms with Crippen LogP contribution >= 0.6 is 11.3 Å². The molecule has 2 aromatic rings. The molecule has 128 valence electrons. The average Bonchev–Trinajstić information content (AvgIpc) is 3.02. The monoisotopic (exact) mass is 353 g/mol. The van der Waals surface area contributed by atoms with Gasteiger partial charge in [0, 0.05) is 12.4 Å². The number of hydrogen-bond acceptors (Lipinski definition) is 8. The molecule has 0 unspecified atom stereocenters. The number of carbonyl (C=O) groups excluding carboxylic acids is 2. The fourth-order valence-electron chi connectivity index (χ4n) is 2.08. The highest BCUT2D eigenvalue weighted by Gasteiger charge is 2.29. The Hall–Kier alpha value is -2.82. The van der Waals surface area contributed by atoms with Gasteiger partial charge in [-0.3, -0.25) is 29.7 Å². The Kier molecular flexibility index (Phi) is 5.24. The second-order valence-electron chi connectivity index (χ2n) is 4.74. The molecule has 0 atom stereocenters. The summed E-state index contributed by atoms with van der Waals surface area (Å²) in [4.78, 5) is 38.3. The number of carbonyl (C=O) groups is 2. The van der Waals surface area contributed by atoms with Gasteiger partial charge in [0.25, 0.3) is 5.91 Å². The van der Waals surface area contributed by atoms with Gasteiger partial charge in [-0.15, -0.1) is 11.3 Å². The molecule has 10 nitrogen and oxygen atoms in total. The van der Waals surface area contributed by atoms with Crippen LogP contribution in [0.15, 0.2) is 5.38 Å². The highest BCUT2D eigenvalue weighted by atomic mass is 32.1. The van der Waals surface area contributed by atoms with Gasteiger partial charge in [0.1, 0.15) is 5.69 Å². The van der Waals surface area contributed by atoms with Crippen molar-refractivity contribution in [3.05, 3.63) is 32.6 Å². The Labute approximate surface area is 140 Å². The van der Waals surface area contributed by atoms with Gasteiger partial charge >= 0.3 is 11.7 Å². The number of nitrogens with zero attached hydrogens (tertiary/aromatic N) is 4. The first-order chi connectivity index (χ1) is 11.3. The van der Waals surface area contributed by atoms with Crippen molar-refractivity contribution in [1.29, 1.82) is 0 Å². The molecule has 2 rings (SSSR count). The van der Waals surface area contributed by atoms with Crippen molar-refractivity contribution in [2.24, 2.45) is 7.05 Å². The molecular formula is C13H15N5O5S. The van der Waals surface area contributed by atoms with Crippen LogP contribution in [0, 0.1) is 17.0 Å². The summed E-state index contributed by atoms with van der Waals surface area (Å²) < 4.78 is 5.97. The Morgan fingerprint density at radius 3 is 2.83 bits per heavy atom. The van der Waals surface area contributed by atoms with E-state index < -0.39 is 16.8 Å². The van der Waals surface area contributed by atoms with Gasteiger partial charge in [-0.2, -0.15) is 5.10 Å². The third-order valence-corrected chi connectivity index (χ3v) is 3.80. The molecule has 0 saturated heterocycles. The Morgan fingerprint density at radius 1 is 1.50 bits per heavy atom. The zero-order chi connectivity index (χ0) is 17.9. The zero-order valence-electron chi connectivity index (χ0n) is 13.2. The first kappa shape index (κ1) is 17.5. The van der Waals surface area contributed by atoms with Gasteiger partial charge in [-0.1, -0.05) is 0 Å². The number of ether oxygens (including phenoxy) is 1. The Bertz CT molecular complexity index is 797. The fourth-order valence-corrected chi connectivity index (χ4v) is 2.79. The van der Waals surface area contributed by atoms with Gasteiger partial charge in [-0.05, 0) is 13.8 Å². The standard InChI is InChI=1S/C13H15N5O5S/c1-4-23-9(19)5-8-6-24-13(14-8)15-12(20)11-10(18(21)22)7(2)16-17(11)3/h6H,4-5H2,1-3H3,(H,14,15,20). The third-order valence-electron chi connectivity index (χ3n) is 2.99. The molecule has 2 aromatic heterocycles. The molecule has 0 saturated carbocycles. The van der Waals surface area contributed by atoms with Gasteiger partial charge in [0.05, 0.1) is 23.6 Å². The molecule has 1 amide bonds. The van der Waals surface area contributed by atoms with E-state index in [0.717, 1.165) is 16.0 Å². The summed E-state index contributed by atoms with van der Waals surface area (Å²) >= 11 is 1.11. The van der Waals surface area contributed by atoms with Crippen molar-refractivity contribution in [3.8, 4) is 0 Å². The van der Waals surface area contributed by atoms with E-state index in [2.05, 4.69) is 15.4 Å². The van der Waals surface area contributed by atoms with Gasteiger partial charge in [-0.25, -0.2) is 4.98 Å². The molecule has 0 aromatic carbocycles. The number of nitro groups is 1. The van der Waals surface area contributed by atoms with E-state index in [1.807, 2.05) is 0 Å². The maximum Gasteiger partial charge on any atom is 0.322 e. The Balaban J connectivity index is 2.15. The molecule has 0 aliphatic heterocycles. The summed E-state index contributed by atoms with van der Waals surface area (Å²) in [6.07, 6.45) is -0.00875. The zero-order valence-corrected chi connectivity index (χ0v) is 14.0. The number of esters is 1. The molecule has 24 heavy (non-hydrogen) atoms. The van der Waals surface area contributed by atoms with E-state index in [4.69, 9.17) is 4.74 Å². The van der Waals surface area contributed by atoms with E-state index in [9.17, 15) is 19.7 Å². The van der Waals surface area contributed by atoms with Gasteiger partial charge < -0.3 is 4.74 Å². The predicted octanol–water partition coefficient (Wildman–Crippen LogP) is 1.45. The average molecular weight is 353 g/mol. The second-order valence-corrected chi connectivity index (χ2v) is 5.60. The van der Waals surface area contributed by atoms with E-state index in [1.54, 1.807) is 12.3 Å². The molecule has 2 heterocycles. The first-order valence-corrected chi connectivity index (χ1v) is 7.80. The lowest BCUT2D eigenvalue weighted by atomic mass is 10.3. The maximum absolute atomic E-state index is 12.3. The third kappa shape index (κ3) is 3.74. The summed E-state index contributed by atoms with van der Waals surface area (Å²) in [5.74, 6) is -1.11. The van der Waals surface area contributed by atoms with Crippen molar-refractivity contribution < 1.29 is 19.2 Å². The topological polar surface area (TPSA) is 129 Å². The molecule has 1 N–H and O–H groups in total. The quantitative estimate of drug-likeness (QED) is 0.472. The van der Waals surface area contributed by atoms with Crippen LogP contribution in [-0.2, 0) is 23.0 Å². The predicted molar refractivity (Wildman–Crippen MR) is 85.0 cm³/mol. The molecule has 0 bridgehead atoms. The molecule has 0 aliphatic rings. The van der Waals surface area contributed by atoms with E-state index in [1.165, 1.54) is 14.0 Å². The molecule has 11 heteroatoms. The summed E-state index contributed by atoms with van der Waals surface area (Å²) in [5.41, 5.74) is 0.0807. The number of rotatable bonds is 6. The van der Waals surface area contributed by atoms with Crippen LogP contribution in [0.2, 0.25) is 0 Å². The highest BCUT2D eigenvalue weighted by molar-refractivity contribution is 7.14. The van der Waals surface area contributed by atoms with Gasteiger partial charge in [0.15, 0.2) is 5.13 Å². The summed E-state index contributed by atoms with van der Waals surface area (Å²) in [6, 6.07) is 0. The van der Waals surface area contributed by atoms with Crippen molar-refractivity contribution in [2.45, 2.75) is 20.3 Å². The molecule has 0 radical (unpaired) electrons. The second kappa shape index (κ2) is 7.17. The van der Waals surface area contributed by atoms with E-state index in [-0.39, 0.29) is 35.2 Å². The van der Waals surface area contributed by atoms with Gasteiger partial charge in [0.2, 0.25) is 5.69 Å². The normalized spacial score (nSPS) is 10.5. The molecular weight excluding hydrogens is 338 g/mol. The summed E-state index contributed by atoms with van der Waals surface area (Å²) in [5, 5.41) is 19.3. The van der Waals surface area contributed by atoms with Crippen LogP contribution in [0.3, 0.4) is 0 Å². The lowest BCUT2D eigenvalue weighted by molar-refractivity contribution is -0.385. The Morgan fingerprint density at radius 2 is 2.21 bits per heavy atom. The smallest absolute Gasteiger partial charge is 0.322 e. The lowest BCUT2D eigenvalue weighted by Gasteiger charge is -2.02. The number of amides is 1. The van der Waals surface area contributed by atoms with Crippen LogP contribution in [-0.4, -0.2) is 38.2 Å². The number of anilines is 1. The number of aryl methyl sites for hydroxylation is 2. The molecule has 0 fully saturated rings. The minimum atomic E-state index is -0.693. The molecule has 0 spiro atoms. The minimum Gasteiger partial charge on any atom is -0.466 e. The number of aromatic nitrogens is 3. The van der Waals surface area contributed by atoms with Crippen molar-refractivity contribution in [1.82, 2.24) is 14.8 Å². The van der Waals surface area contributed by atoms with Crippen molar-refractivity contribution >= 4 is 34.0 Å². The van der Waals surface area contributed by atoms with Crippen molar-refractivity contribution in [2.75, 3.05) is 11.9 Å². The molecule has 0 aliphatic carbocycles. The highest BCUT2D eigenvalue weighted by Crippen LogP contribution is 2.24. The minimum absolute atomic E-state index is 0.00875. The summed E-state index contributed by atoms with van der Waals surface area (Å²) in [7, 11) is 1.45. The SMILES string of the molecule is CCOC(=O)Cc1csc(NC(=O)c2c([N+](=O)[O-])c(C)nn2C)n1. The number of thiazole rings is 1. The first-order valence-electron chi connectivity index (χ1n) is 6.92. The largest absolute Gasteiger partial charge is 0.466 e. The van der Waals surface area contributed by atoms with Crippen LogP contribution in [0.1, 0.15) is 28.8 Å². The van der Waals surface area contributed by atoms with Crippen LogP contribution in [0.4, 0.5) is 10.8 Å².